The predicted octanol–water partition coefficient (Wildman–Crippen LogP) is 1.39. The molecule has 96 valence electrons. The maximum atomic E-state index is 11.6. The van der Waals surface area contributed by atoms with E-state index in [1.807, 2.05) is 0 Å². The Kier molecular flexibility index (Phi) is 3.38. The zero-order chi connectivity index (χ0) is 13.2. The number of rotatable bonds is 4. The minimum absolute atomic E-state index is 0.198. The number of hydrogen-bond acceptors (Lipinski definition) is 5. The first kappa shape index (κ1) is 12.6. The fourth-order valence-corrected chi connectivity index (χ4v) is 2.79. The lowest BCUT2D eigenvalue weighted by atomic mass is 10.2. The smallest absolute Gasteiger partial charge is 0.344 e. The molecule has 18 heavy (non-hydrogen) atoms. The van der Waals surface area contributed by atoms with Crippen LogP contribution in [0, 0.1) is 0 Å². The Balaban J connectivity index is 2.12. The van der Waals surface area contributed by atoms with Gasteiger partial charge in [0.1, 0.15) is 5.75 Å². The second kappa shape index (κ2) is 4.81. The van der Waals surface area contributed by atoms with Gasteiger partial charge in [-0.25, -0.2) is 13.2 Å². The van der Waals surface area contributed by atoms with Crippen LogP contribution in [0.15, 0.2) is 28.5 Å². The summed E-state index contributed by atoms with van der Waals surface area (Å²) < 4.78 is 33.1. The third kappa shape index (κ3) is 2.53. The van der Waals surface area contributed by atoms with Crippen LogP contribution < -0.4 is 4.74 Å². The van der Waals surface area contributed by atoms with Crippen LogP contribution in [0.3, 0.4) is 0 Å². The van der Waals surface area contributed by atoms with Gasteiger partial charge in [-0.3, -0.25) is 0 Å². The van der Waals surface area contributed by atoms with E-state index in [2.05, 4.69) is 0 Å². The third-order valence-corrected chi connectivity index (χ3v) is 3.84. The second-order valence-corrected chi connectivity index (χ2v) is 5.44. The van der Waals surface area contributed by atoms with E-state index in [9.17, 15) is 13.2 Å². The molecule has 0 spiro atoms. The summed E-state index contributed by atoms with van der Waals surface area (Å²) in [5, 5.41) is 1.15. The average molecular weight is 268 g/mol. The Morgan fingerprint density at radius 3 is 2.83 bits per heavy atom. The molecule has 0 fully saturated rings. The molecule has 6 heteroatoms. The lowest BCUT2D eigenvalue weighted by Crippen LogP contribution is -2.14. The Bertz CT molecular complexity index is 601. The number of fused-ring (bicyclic) bond motifs is 1. The SMILES string of the molecule is CCOC(=O)COc1ccc2c(c1)S(=O)(=O)C=C2. The zero-order valence-corrected chi connectivity index (χ0v) is 10.6. The Morgan fingerprint density at radius 2 is 2.11 bits per heavy atom. The highest BCUT2D eigenvalue weighted by Crippen LogP contribution is 2.30. The summed E-state index contributed by atoms with van der Waals surface area (Å²) in [5.41, 5.74) is 0.624. The van der Waals surface area contributed by atoms with E-state index in [4.69, 9.17) is 9.47 Å². The molecule has 2 rings (SSSR count). The molecule has 1 heterocycles. The van der Waals surface area contributed by atoms with Crippen molar-refractivity contribution in [3.05, 3.63) is 29.2 Å². The highest BCUT2D eigenvalue weighted by molar-refractivity contribution is 7.94. The third-order valence-electron chi connectivity index (χ3n) is 2.38. The minimum Gasteiger partial charge on any atom is -0.482 e. The van der Waals surface area contributed by atoms with Crippen LogP contribution in [0.2, 0.25) is 0 Å². The summed E-state index contributed by atoms with van der Waals surface area (Å²) in [7, 11) is -3.35. The fourth-order valence-electron chi connectivity index (χ4n) is 1.57. The topological polar surface area (TPSA) is 69.7 Å². The molecule has 1 aliphatic heterocycles. The van der Waals surface area contributed by atoms with Crippen LogP contribution in [-0.2, 0) is 19.4 Å². The van der Waals surface area contributed by atoms with Gasteiger partial charge in [0.05, 0.1) is 11.5 Å². The Labute approximate surface area is 105 Å². The van der Waals surface area contributed by atoms with Gasteiger partial charge in [-0.2, -0.15) is 0 Å². The van der Waals surface area contributed by atoms with Crippen molar-refractivity contribution in [2.45, 2.75) is 11.8 Å². The van der Waals surface area contributed by atoms with Crippen molar-refractivity contribution in [2.75, 3.05) is 13.2 Å². The summed E-state index contributed by atoms with van der Waals surface area (Å²) in [6.45, 7) is 1.75. The highest BCUT2D eigenvalue weighted by atomic mass is 32.2. The average Bonchev–Trinajstić information content (AvgIpc) is 2.63. The number of carbonyl (C=O) groups excluding carboxylic acids is 1. The van der Waals surface area contributed by atoms with Gasteiger partial charge in [0.15, 0.2) is 6.61 Å². The van der Waals surface area contributed by atoms with Gasteiger partial charge in [0, 0.05) is 5.41 Å². The molecule has 0 aliphatic carbocycles. The second-order valence-electron chi connectivity index (χ2n) is 3.64. The van der Waals surface area contributed by atoms with Gasteiger partial charge in [0.25, 0.3) is 0 Å². The molecular formula is C12H12O5S. The van der Waals surface area contributed by atoms with Gasteiger partial charge < -0.3 is 9.47 Å². The molecule has 0 N–H and O–H groups in total. The Morgan fingerprint density at radius 1 is 1.33 bits per heavy atom. The Hall–Kier alpha value is -1.82. The van der Waals surface area contributed by atoms with Gasteiger partial charge in [-0.1, -0.05) is 0 Å². The van der Waals surface area contributed by atoms with Crippen LogP contribution in [0.5, 0.6) is 5.75 Å². The number of hydrogen-bond donors (Lipinski definition) is 0. The fraction of sp³-hybridized carbons (Fsp3) is 0.250. The molecule has 0 bridgehead atoms. The molecule has 1 aliphatic rings. The molecule has 0 unspecified atom stereocenters. The molecular weight excluding hydrogens is 256 g/mol. The standard InChI is InChI=1S/C12H12O5S/c1-2-16-12(13)8-17-10-4-3-9-5-6-18(14,15)11(9)7-10/h3-7H,2,8H2,1H3. The molecule has 0 atom stereocenters. The lowest BCUT2D eigenvalue weighted by Gasteiger charge is -2.07. The number of benzene rings is 1. The number of ether oxygens (including phenoxy) is 2. The van der Waals surface area contributed by atoms with E-state index in [0.717, 1.165) is 5.41 Å². The number of esters is 1. The molecule has 1 aromatic rings. The van der Waals surface area contributed by atoms with Crippen molar-refractivity contribution in [3.8, 4) is 5.75 Å². The maximum Gasteiger partial charge on any atom is 0.344 e. The van der Waals surface area contributed by atoms with E-state index in [1.54, 1.807) is 19.1 Å². The normalized spacial score (nSPS) is 15.2. The van der Waals surface area contributed by atoms with Crippen molar-refractivity contribution in [1.29, 1.82) is 0 Å². The maximum absolute atomic E-state index is 11.6. The molecule has 5 nitrogen and oxygen atoms in total. The number of carbonyl (C=O) groups is 1. The first-order valence-electron chi connectivity index (χ1n) is 5.38. The van der Waals surface area contributed by atoms with Crippen molar-refractivity contribution in [3.63, 3.8) is 0 Å². The highest BCUT2D eigenvalue weighted by Gasteiger charge is 2.21. The zero-order valence-electron chi connectivity index (χ0n) is 9.75. The van der Waals surface area contributed by atoms with E-state index in [1.165, 1.54) is 12.1 Å². The van der Waals surface area contributed by atoms with Crippen molar-refractivity contribution in [2.24, 2.45) is 0 Å². The van der Waals surface area contributed by atoms with E-state index < -0.39 is 15.8 Å². The van der Waals surface area contributed by atoms with Gasteiger partial charge >= 0.3 is 5.97 Å². The molecule has 0 saturated heterocycles. The van der Waals surface area contributed by atoms with Gasteiger partial charge in [0.2, 0.25) is 9.84 Å². The van der Waals surface area contributed by atoms with E-state index >= 15 is 0 Å². The minimum atomic E-state index is -3.35. The lowest BCUT2D eigenvalue weighted by molar-refractivity contribution is -0.145. The van der Waals surface area contributed by atoms with Gasteiger partial charge in [-0.05, 0) is 36.8 Å². The molecule has 0 saturated carbocycles. The first-order chi connectivity index (χ1) is 8.53. The van der Waals surface area contributed by atoms with Crippen molar-refractivity contribution >= 4 is 21.9 Å². The molecule has 0 amide bonds. The predicted molar refractivity (Wildman–Crippen MR) is 64.8 cm³/mol. The summed E-state index contributed by atoms with van der Waals surface area (Å²) in [5.74, 6) is -0.159. The van der Waals surface area contributed by atoms with Crippen molar-refractivity contribution in [1.82, 2.24) is 0 Å². The summed E-state index contributed by atoms with van der Waals surface area (Å²) >= 11 is 0. The van der Waals surface area contributed by atoms with Crippen molar-refractivity contribution < 1.29 is 22.7 Å². The number of sulfone groups is 1. The summed E-state index contributed by atoms with van der Waals surface area (Å²) in [6, 6.07) is 4.66. The first-order valence-corrected chi connectivity index (χ1v) is 6.93. The molecule has 0 radical (unpaired) electrons. The van der Waals surface area contributed by atoms with Crippen LogP contribution in [0.25, 0.3) is 6.08 Å². The van der Waals surface area contributed by atoms with Crippen LogP contribution in [0.1, 0.15) is 12.5 Å². The van der Waals surface area contributed by atoms with Crippen LogP contribution >= 0.6 is 0 Å². The van der Waals surface area contributed by atoms with E-state index in [0.29, 0.717) is 11.3 Å². The van der Waals surface area contributed by atoms with Crippen LogP contribution in [-0.4, -0.2) is 27.6 Å². The summed E-state index contributed by atoms with van der Waals surface area (Å²) in [4.78, 5) is 11.3. The quantitative estimate of drug-likeness (QED) is 0.772. The van der Waals surface area contributed by atoms with E-state index in [-0.39, 0.29) is 18.1 Å². The van der Waals surface area contributed by atoms with Crippen LogP contribution in [0.4, 0.5) is 0 Å². The molecule has 1 aromatic carbocycles. The van der Waals surface area contributed by atoms with Gasteiger partial charge in [-0.15, -0.1) is 0 Å². The summed E-state index contributed by atoms with van der Waals surface area (Å²) in [6.07, 6.45) is 1.53. The monoisotopic (exact) mass is 268 g/mol. The molecule has 0 aromatic heterocycles. The largest absolute Gasteiger partial charge is 0.482 e.